The first-order valence-electron chi connectivity index (χ1n) is 8.38. The smallest absolute Gasteiger partial charge is 0.256 e. The second-order valence-corrected chi connectivity index (χ2v) is 7.38. The molecular formula is C17H22ClF2N3O2S. The van der Waals surface area contributed by atoms with Crippen molar-refractivity contribution in [1.29, 1.82) is 0 Å². The molecule has 2 aliphatic heterocycles. The van der Waals surface area contributed by atoms with Crippen LogP contribution in [0.2, 0.25) is 0 Å². The fraction of sp³-hybridized carbons (Fsp3) is 0.529. The number of hydrogen-bond acceptors (Lipinski definition) is 4. The van der Waals surface area contributed by atoms with Crippen LogP contribution in [0, 0.1) is 11.6 Å². The minimum Gasteiger partial charge on any atom is -0.339 e. The van der Waals surface area contributed by atoms with Gasteiger partial charge in [-0.25, -0.2) is 8.78 Å². The highest BCUT2D eigenvalue weighted by Gasteiger charge is 2.27. The SMILES string of the molecule is Cl.O=C(CC1CSCCN1)N1CCN(C(=O)c2ccc(F)cc2F)CC1. The number of halogens is 3. The van der Waals surface area contributed by atoms with Crippen LogP contribution in [0.3, 0.4) is 0 Å². The van der Waals surface area contributed by atoms with Gasteiger partial charge in [0.1, 0.15) is 11.6 Å². The summed E-state index contributed by atoms with van der Waals surface area (Å²) < 4.78 is 26.7. The van der Waals surface area contributed by atoms with Gasteiger partial charge in [-0.1, -0.05) is 0 Å². The molecule has 2 heterocycles. The summed E-state index contributed by atoms with van der Waals surface area (Å²) in [5.74, 6) is 0.0674. The predicted molar refractivity (Wildman–Crippen MR) is 99.8 cm³/mol. The summed E-state index contributed by atoms with van der Waals surface area (Å²) in [5, 5.41) is 3.34. The van der Waals surface area contributed by atoms with Crippen molar-refractivity contribution >= 4 is 36.0 Å². The van der Waals surface area contributed by atoms with Crippen molar-refractivity contribution in [2.75, 3.05) is 44.2 Å². The Morgan fingerprint density at radius 2 is 1.85 bits per heavy atom. The molecule has 144 valence electrons. The lowest BCUT2D eigenvalue weighted by Crippen LogP contribution is -2.52. The number of amides is 2. The van der Waals surface area contributed by atoms with Crippen LogP contribution in [0.15, 0.2) is 18.2 Å². The van der Waals surface area contributed by atoms with Crippen LogP contribution < -0.4 is 5.32 Å². The van der Waals surface area contributed by atoms with Gasteiger partial charge in [0.25, 0.3) is 5.91 Å². The van der Waals surface area contributed by atoms with Crippen LogP contribution in [0.5, 0.6) is 0 Å². The van der Waals surface area contributed by atoms with Crippen LogP contribution in [0.25, 0.3) is 0 Å². The lowest BCUT2D eigenvalue weighted by atomic mass is 10.1. The molecule has 3 rings (SSSR count). The number of benzene rings is 1. The average Bonchev–Trinajstić information content (AvgIpc) is 2.62. The van der Waals surface area contributed by atoms with Gasteiger partial charge in [-0.2, -0.15) is 11.8 Å². The fourth-order valence-corrected chi connectivity index (χ4v) is 4.03. The molecule has 0 aliphatic carbocycles. The van der Waals surface area contributed by atoms with E-state index in [1.807, 2.05) is 11.8 Å². The molecule has 0 radical (unpaired) electrons. The molecule has 1 atom stereocenters. The van der Waals surface area contributed by atoms with E-state index >= 15 is 0 Å². The van der Waals surface area contributed by atoms with Crippen LogP contribution in [-0.2, 0) is 4.79 Å². The highest BCUT2D eigenvalue weighted by atomic mass is 35.5. The number of piperazine rings is 1. The highest BCUT2D eigenvalue weighted by molar-refractivity contribution is 7.99. The van der Waals surface area contributed by atoms with Crippen molar-refractivity contribution in [3.8, 4) is 0 Å². The van der Waals surface area contributed by atoms with Gasteiger partial charge < -0.3 is 15.1 Å². The fourth-order valence-electron chi connectivity index (χ4n) is 3.08. The van der Waals surface area contributed by atoms with Gasteiger partial charge in [0.2, 0.25) is 5.91 Å². The third-order valence-corrected chi connectivity index (χ3v) is 5.63. The summed E-state index contributed by atoms with van der Waals surface area (Å²) in [7, 11) is 0. The first-order valence-corrected chi connectivity index (χ1v) is 9.53. The van der Waals surface area contributed by atoms with E-state index < -0.39 is 17.5 Å². The number of carbonyl (C=O) groups is 2. The molecule has 1 N–H and O–H groups in total. The zero-order valence-electron chi connectivity index (χ0n) is 14.2. The molecule has 5 nitrogen and oxygen atoms in total. The maximum Gasteiger partial charge on any atom is 0.256 e. The molecule has 26 heavy (non-hydrogen) atoms. The Bertz CT molecular complexity index is 651. The number of nitrogens with zero attached hydrogens (tertiary/aromatic N) is 2. The molecule has 1 unspecified atom stereocenters. The Balaban J connectivity index is 0.00000243. The maximum absolute atomic E-state index is 13.8. The summed E-state index contributed by atoms with van der Waals surface area (Å²) in [6.45, 7) is 2.51. The molecule has 0 saturated carbocycles. The Morgan fingerprint density at radius 3 is 2.46 bits per heavy atom. The molecule has 0 spiro atoms. The second-order valence-electron chi connectivity index (χ2n) is 6.23. The maximum atomic E-state index is 13.8. The average molecular weight is 406 g/mol. The van der Waals surface area contributed by atoms with Crippen molar-refractivity contribution in [2.24, 2.45) is 0 Å². The zero-order chi connectivity index (χ0) is 17.8. The number of rotatable bonds is 3. The summed E-state index contributed by atoms with van der Waals surface area (Å²) in [6, 6.07) is 3.16. The van der Waals surface area contributed by atoms with Crippen LogP contribution in [0.4, 0.5) is 8.78 Å². The summed E-state index contributed by atoms with van der Waals surface area (Å²) >= 11 is 1.85. The van der Waals surface area contributed by atoms with Crippen molar-refractivity contribution < 1.29 is 18.4 Å². The van der Waals surface area contributed by atoms with Gasteiger partial charge in [0.15, 0.2) is 0 Å². The number of nitrogens with one attached hydrogen (secondary N) is 1. The van der Waals surface area contributed by atoms with E-state index in [4.69, 9.17) is 0 Å². The predicted octanol–water partition coefficient (Wildman–Crippen LogP) is 1.77. The summed E-state index contributed by atoms with van der Waals surface area (Å²) in [5.41, 5.74) is -0.135. The highest BCUT2D eigenvalue weighted by Crippen LogP contribution is 2.16. The van der Waals surface area contributed by atoms with Gasteiger partial charge in [-0.05, 0) is 12.1 Å². The summed E-state index contributed by atoms with van der Waals surface area (Å²) in [6.07, 6.45) is 0.466. The van der Waals surface area contributed by atoms with E-state index in [0.717, 1.165) is 30.2 Å². The Kier molecular flexibility index (Phi) is 7.67. The van der Waals surface area contributed by atoms with Crippen LogP contribution in [-0.4, -0.2) is 71.9 Å². The van der Waals surface area contributed by atoms with Gasteiger partial charge >= 0.3 is 0 Å². The zero-order valence-corrected chi connectivity index (χ0v) is 15.9. The standard InChI is InChI=1S/C17H21F2N3O2S.ClH/c18-12-1-2-14(15(19)9-12)17(24)22-6-4-21(5-7-22)16(23)10-13-11-25-8-3-20-13;/h1-2,9,13,20H,3-8,10-11H2;1H. The van der Waals surface area contributed by atoms with Crippen LogP contribution >= 0.6 is 24.2 Å². The Hall–Kier alpha value is -1.38. The second kappa shape index (κ2) is 9.53. The Labute approximate surface area is 161 Å². The molecular weight excluding hydrogens is 384 g/mol. The molecule has 2 fully saturated rings. The molecule has 2 aliphatic rings. The van der Waals surface area contributed by atoms with E-state index in [0.29, 0.717) is 38.7 Å². The number of hydrogen-bond donors (Lipinski definition) is 1. The van der Waals surface area contributed by atoms with Crippen molar-refractivity contribution in [1.82, 2.24) is 15.1 Å². The van der Waals surface area contributed by atoms with E-state index in [1.54, 1.807) is 4.90 Å². The molecule has 0 bridgehead atoms. The van der Waals surface area contributed by atoms with Crippen LogP contribution in [0.1, 0.15) is 16.8 Å². The third-order valence-electron chi connectivity index (χ3n) is 4.50. The molecule has 9 heteroatoms. The summed E-state index contributed by atoms with van der Waals surface area (Å²) in [4.78, 5) is 28.0. The van der Waals surface area contributed by atoms with Crippen molar-refractivity contribution in [3.63, 3.8) is 0 Å². The van der Waals surface area contributed by atoms with E-state index in [-0.39, 0.29) is 29.9 Å². The largest absolute Gasteiger partial charge is 0.339 e. The van der Waals surface area contributed by atoms with E-state index in [2.05, 4.69) is 5.32 Å². The first-order chi connectivity index (χ1) is 12.0. The quantitative estimate of drug-likeness (QED) is 0.832. The van der Waals surface area contributed by atoms with Gasteiger partial charge in [0, 0.05) is 62.8 Å². The van der Waals surface area contributed by atoms with Gasteiger partial charge in [-0.15, -0.1) is 12.4 Å². The lowest BCUT2D eigenvalue weighted by molar-refractivity contribution is -0.133. The molecule has 1 aromatic carbocycles. The monoisotopic (exact) mass is 405 g/mol. The third kappa shape index (κ3) is 5.08. The Morgan fingerprint density at radius 1 is 1.15 bits per heavy atom. The van der Waals surface area contributed by atoms with Gasteiger partial charge in [0.05, 0.1) is 5.56 Å². The molecule has 1 aromatic rings. The van der Waals surface area contributed by atoms with Crippen molar-refractivity contribution in [3.05, 3.63) is 35.4 Å². The first kappa shape index (κ1) is 20.9. The molecule has 0 aromatic heterocycles. The minimum atomic E-state index is -0.857. The lowest BCUT2D eigenvalue weighted by Gasteiger charge is -2.36. The topological polar surface area (TPSA) is 52.7 Å². The van der Waals surface area contributed by atoms with Gasteiger partial charge in [-0.3, -0.25) is 9.59 Å². The normalized spacial score (nSPS) is 20.5. The molecule has 2 saturated heterocycles. The minimum absolute atomic E-state index is 0. The van der Waals surface area contributed by atoms with E-state index in [1.165, 1.54) is 4.90 Å². The van der Waals surface area contributed by atoms with E-state index in [9.17, 15) is 18.4 Å². The molecule has 2 amide bonds. The number of thioether (sulfide) groups is 1. The number of carbonyl (C=O) groups excluding carboxylic acids is 2. The van der Waals surface area contributed by atoms with Crippen molar-refractivity contribution in [2.45, 2.75) is 12.5 Å².